The molecular weight excluding hydrogens is 430 g/mol. The third kappa shape index (κ3) is 3.52. The Bertz CT molecular complexity index is 1260. The van der Waals surface area contributed by atoms with Gasteiger partial charge in [0.25, 0.3) is 5.92 Å². The van der Waals surface area contributed by atoms with Gasteiger partial charge in [-0.25, -0.2) is 17.2 Å². The van der Waals surface area contributed by atoms with Crippen molar-refractivity contribution in [1.29, 1.82) is 0 Å². The molecular formula is C20H22F2N4O4S. The van der Waals surface area contributed by atoms with E-state index in [0.29, 0.717) is 37.6 Å². The molecule has 3 aromatic rings. The van der Waals surface area contributed by atoms with Gasteiger partial charge in [-0.3, -0.25) is 5.10 Å². The zero-order chi connectivity index (χ0) is 22.6. The predicted octanol–water partition coefficient (Wildman–Crippen LogP) is 2.52. The normalized spacial score (nSPS) is 19.2. The molecule has 4 rings (SSSR count). The minimum absolute atomic E-state index is 0.118. The number of aromatic nitrogens is 2. The van der Waals surface area contributed by atoms with Crippen LogP contribution in [0.15, 0.2) is 35.2 Å². The molecule has 8 nitrogen and oxygen atoms in total. The Balaban J connectivity index is 1.78. The first kappa shape index (κ1) is 21.5. The summed E-state index contributed by atoms with van der Waals surface area (Å²) in [4.78, 5) is -0.118. The average molecular weight is 452 g/mol. The van der Waals surface area contributed by atoms with Crippen molar-refractivity contribution in [2.45, 2.75) is 30.2 Å². The highest BCUT2D eigenvalue weighted by Gasteiger charge is 2.49. The van der Waals surface area contributed by atoms with E-state index < -0.39 is 41.6 Å². The van der Waals surface area contributed by atoms with Gasteiger partial charge in [0.05, 0.1) is 42.1 Å². The van der Waals surface area contributed by atoms with Crippen LogP contribution in [-0.4, -0.2) is 60.3 Å². The summed E-state index contributed by atoms with van der Waals surface area (Å²) in [6.45, 7) is 0.0969. The summed E-state index contributed by atoms with van der Waals surface area (Å²) in [6, 6.07) is 6.83. The van der Waals surface area contributed by atoms with Crippen LogP contribution >= 0.6 is 0 Å². The minimum Gasteiger partial charge on any atom is -0.495 e. The maximum absolute atomic E-state index is 13.8. The number of halogens is 2. The van der Waals surface area contributed by atoms with Gasteiger partial charge in [-0.1, -0.05) is 6.07 Å². The van der Waals surface area contributed by atoms with Gasteiger partial charge in [0, 0.05) is 12.0 Å². The number of nitrogen functional groups attached to an aromatic ring is 1. The molecule has 0 aliphatic carbocycles. The largest absolute Gasteiger partial charge is 0.495 e. The third-order valence-corrected chi connectivity index (χ3v) is 7.44. The number of anilines is 1. The first-order valence-electron chi connectivity index (χ1n) is 9.51. The van der Waals surface area contributed by atoms with E-state index in [-0.39, 0.29) is 10.7 Å². The topological polar surface area (TPSA) is 122 Å². The maximum atomic E-state index is 13.8. The molecule has 1 unspecified atom stereocenters. The number of methoxy groups -OCH3 is 1. The van der Waals surface area contributed by atoms with Crippen molar-refractivity contribution in [3.05, 3.63) is 35.9 Å². The Hall–Kier alpha value is -2.76. The number of hydrogen-bond donors (Lipinski definition) is 3. The number of benzene rings is 2. The van der Waals surface area contributed by atoms with E-state index in [0.717, 1.165) is 0 Å². The molecule has 1 atom stereocenters. The van der Waals surface area contributed by atoms with Crippen LogP contribution in [0.2, 0.25) is 0 Å². The third-order valence-electron chi connectivity index (χ3n) is 5.55. The summed E-state index contributed by atoms with van der Waals surface area (Å²) in [5.41, 5.74) is 8.63. The SMILES string of the molecule is COc1c(-c2ccc(S(=O)(=O)N3CC(F)(F)CC3CO)cc2C)ccc2[nH]nc(N)c12. The molecule has 166 valence electrons. The summed E-state index contributed by atoms with van der Waals surface area (Å²) < 4.78 is 59.9. The van der Waals surface area contributed by atoms with Crippen LogP contribution in [0.5, 0.6) is 5.75 Å². The monoisotopic (exact) mass is 452 g/mol. The van der Waals surface area contributed by atoms with Crippen LogP contribution in [0, 0.1) is 6.92 Å². The van der Waals surface area contributed by atoms with E-state index >= 15 is 0 Å². The highest BCUT2D eigenvalue weighted by Crippen LogP contribution is 2.41. The number of fused-ring (bicyclic) bond motifs is 1. The average Bonchev–Trinajstić information content (AvgIpc) is 3.26. The number of aliphatic hydroxyl groups excluding tert-OH is 1. The van der Waals surface area contributed by atoms with Gasteiger partial charge < -0.3 is 15.6 Å². The molecule has 0 bridgehead atoms. The van der Waals surface area contributed by atoms with Crippen molar-refractivity contribution in [1.82, 2.24) is 14.5 Å². The number of hydrogen-bond acceptors (Lipinski definition) is 6. The Labute approximate surface area is 177 Å². The number of aromatic amines is 1. The van der Waals surface area contributed by atoms with Crippen molar-refractivity contribution in [3.63, 3.8) is 0 Å². The molecule has 1 saturated heterocycles. The highest BCUT2D eigenvalue weighted by molar-refractivity contribution is 7.89. The quantitative estimate of drug-likeness (QED) is 0.547. The summed E-state index contributed by atoms with van der Waals surface area (Å²) in [7, 11) is -2.71. The van der Waals surface area contributed by atoms with Crippen molar-refractivity contribution in [2.24, 2.45) is 0 Å². The van der Waals surface area contributed by atoms with Crippen LogP contribution < -0.4 is 10.5 Å². The number of alkyl halides is 2. The second-order valence-corrected chi connectivity index (χ2v) is 9.49. The van der Waals surface area contributed by atoms with E-state index in [1.165, 1.54) is 19.2 Å². The minimum atomic E-state index is -4.21. The first-order chi connectivity index (χ1) is 14.6. The number of rotatable bonds is 5. The lowest BCUT2D eigenvalue weighted by Crippen LogP contribution is -2.38. The number of nitrogens with zero attached hydrogens (tertiary/aromatic N) is 2. The van der Waals surface area contributed by atoms with Crippen molar-refractivity contribution >= 4 is 26.7 Å². The van der Waals surface area contributed by atoms with Crippen LogP contribution in [0.3, 0.4) is 0 Å². The maximum Gasteiger partial charge on any atom is 0.263 e. The molecule has 2 heterocycles. The molecule has 0 saturated carbocycles. The zero-order valence-corrected chi connectivity index (χ0v) is 17.7. The molecule has 4 N–H and O–H groups in total. The lowest BCUT2D eigenvalue weighted by atomic mass is 9.98. The number of ether oxygens (including phenoxy) is 1. The van der Waals surface area contributed by atoms with Crippen LogP contribution in [0.25, 0.3) is 22.0 Å². The number of sulfonamides is 1. The van der Waals surface area contributed by atoms with Gasteiger partial charge in [-0.15, -0.1) is 0 Å². The van der Waals surface area contributed by atoms with Crippen molar-refractivity contribution in [3.8, 4) is 16.9 Å². The molecule has 0 amide bonds. The van der Waals surface area contributed by atoms with Gasteiger partial charge in [-0.05, 0) is 42.3 Å². The number of aliphatic hydroxyl groups is 1. The summed E-state index contributed by atoms with van der Waals surface area (Å²) >= 11 is 0. The molecule has 31 heavy (non-hydrogen) atoms. The van der Waals surface area contributed by atoms with E-state index in [2.05, 4.69) is 10.2 Å². The fraction of sp³-hybridized carbons (Fsp3) is 0.350. The van der Waals surface area contributed by atoms with Crippen LogP contribution in [-0.2, 0) is 10.0 Å². The number of nitrogens with two attached hydrogens (primary N) is 1. The van der Waals surface area contributed by atoms with E-state index in [4.69, 9.17) is 10.5 Å². The fourth-order valence-corrected chi connectivity index (χ4v) is 5.80. The van der Waals surface area contributed by atoms with E-state index in [9.17, 15) is 22.3 Å². The molecule has 2 aromatic carbocycles. The van der Waals surface area contributed by atoms with Crippen molar-refractivity contribution in [2.75, 3.05) is 26.0 Å². The molecule has 1 aliphatic heterocycles. The number of H-pyrrole nitrogens is 1. The molecule has 0 radical (unpaired) electrons. The molecule has 1 aromatic heterocycles. The van der Waals surface area contributed by atoms with Gasteiger partial charge in [0.1, 0.15) is 5.75 Å². The van der Waals surface area contributed by atoms with E-state index in [1.54, 1.807) is 25.1 Å². The Morgan fingerprint density at radius 2 is 2.03 bits per heavy atom. The summed E-state index contributed by atoms with van der Waals surface area (Å²) in [5, 5.41) is 16.8. The lowest BCUT2D eigenvalue weighted by Gasteiger charge is -2.22. The number of aryl methyl sites for hydroxylation is 1. The second kappa shape index (κ2) is 7.43. The molecule has 1 fully saturated rings. The highest BCUT2D eigenvalue weighted by atomic mass is 32.2. The van der Waals surface area contributed by atoms with Crippen LogP contribution in [0.1, 0.15) is 12.0 Å². The first-order valence-corrected chi connectivity index (χ1v) is 10.9. The zero-order valence-electron chi connectivity index (χ0n) is 16.9. The Morgan fingerprint density at radius 3 is 2.68 bits per heavy atom. The summed E-state index contributed by atoms with van der Waals surface area (Å²) in [6.07, 6.45) is -0.705. The standard InChI is InChI=1S/C20H22F2N4O4S/c1-11-7-13(31(28,29)26-10-20(21,22)8-12(26)9-27)3-4-14(11)15-5-6-16-17(18(15)30-2)19(23)25-24-16/h3-7,12,27H,8-10H2,1-2H3,(H3,23,24,25). The summed E-state index contributed by atoms with van der Waals surface area (Å²) in [5.74, 6) is -2.42. The predicted molar refractivity (Wildman–Crippen MR) is 112 cm³/mol. The second-order valence-electron chi connectivity index (χ2n) is 7.60. The van der Waals surface area contributed by atoms with Crippen LogP contribution in [0.4, 0.5) is 14.6 Å². The van der Waals surface area contributed by atoms with Crippen molar-refractivity contribution < 1.29 is 27.0 Å². The smallest absolute Gasteiger partial charge is 0.263 e. The van der Waals surface area contributed by atoms with Gasteiger partial charge in [0.2, 0.25) is 10.0 Å². The lowest BCUT2D eigenvalue weighted by molar-refractivity contribution is 0.0161. The Kier molecular flexibility index (Phi) is 5.15. The molecule has 1 aliphatic rings. The molecule has 11 heteroatoms. The fourth-order valence-electron chi connectivity index (χ4n) is 4.07. The van der Waals surface area contributed by atoms with E-state index in [1.807, 2.05) is 0 Å². The van der Waals surface area contributed by atoms with Gasteiger partial charge >= 0.3 is 0 Å². The van der Waals surface area contributed by atoms with Gasteiger partial charge in [0.15, 0.2) is 5.82 Å². The Morgan fingerprint density at radius 1 is 1.32 bits per heavy atom. The molecule has 0 spiro atoms. The number of nitrogens with one attached hydrogen (secondary N) is 1. The van der Waals surface area contributed by atoms with Gasteiger partial charge in [-0.2, -0.15) is 9.40 Å².